The lowest BCUT2D eigenvalue weighted by molar-refractivity contribution is -0.0426. The number of aliphatic hydroxyl groups is 1. The van der Waals surface area contributed by atoms with E-state index in [9.17, 15) is 9.90 Å². The molecule has 1 saturated heterocycles. The number of fused-ring (bicyclic) bond motifs is 1. The molecule has 10 nitrogen and oxygen atoms in total. The van der Waals surface area contributed by atoms with Crippen molar-refractivity contribution >= 4 is 40.0 Å². The average Bonchev–Trinajstić information content (AvgIpc) is 3.28. The van der Waals surface area contributed by atoms with Gasteiger partial charge in [-0.25, -0.2) is 19.3 Å². The summed E-state index contributed by atoms with van der Waals surface area (Å²) < 4.78 is 3.12. The van der Waals surface area contributed by atoms with E-state index in [1.54, 1.807) is 22.9 Å². The molecule has 0 radical (unpaired) electrons. The van der Waals surface area contributed by atoms with E-state index in [2.05, 4.69) is 46.2 Å². The van der Waals surface area contributed by atoms with Gasteiger partial charge in [-0.2, -0.15) is 4.98 Å². The summed E-state index contributed by atoms with van der Waals surface area (Å²) in [6.45, 7) is 6.19. The number of pyridine rings is 1. The number of aromatic nitrogens is 5. The van der Waals surface area contributed by atoms with Crippen molar-refractivity contribution in [3.63, 3.8) is 0 Å². The SMILES string of the molecule is Cc1cc(Nc2ncc3c(=O)n(-c4ccccc4Cl)n(-c4cccc(C5(O)CCC5)n4)c3n2)ccc1N1CCN(C)CC1. The summed E-state index contributed by atoms with van der Waals surface area (Å²) in [6.07, 6.45) is 3.77. The first-order chi connectivity index (χ1) is 20.8. The molecule has 1 saturated carbocycles. The van der Waals surface area contributed by atoms with Crippen LogP contribution in [0.15, 0.2) is 71.7 Å². The van der Waals surface area contributed by atoms with Crippen LogP contribution in [-0.2, 0) is 5.60 Å². The molecule has 1 aliphatic heterocycles. The zero-order valence-electron chi connectivity index (χ0n) is 24.2. The summed E-state index contributed by atoms with van der Waals surface area (Å²) in [5, 5.41) is 15.1. The van der Waals surface area contributed by atoms with Gasteiger partial charge >= 0.3 is 0 Å². The highest BCUT2D eigenvalue weighted by atomic mass is 35.5. The molecule has 220 valence electrons. The van der Waals surface area contributed by atoms with Gasteiger partial charge in [0.15, 0.2) is 11.5 Å². The highest BCUT2D eigenvalue weighted by molar-refractivity contribution is 6.32. The van der Waals surface area contributed by atoms with Gasteiger partial charge in [-0.3, -0.25) is 4.79 Å². The molecule has 43 heavy (non-hydrogen) atoms. The van der Waals surface area contributed by atoms with Crippen molar-refractivity contribution in [2.45, 2.75) is 31.8 Å². The fraction of sp³-hybridized carbons (Fsp3) is 0.312. The third-order valence-electron chi connectivity index (χ3n) is 8.58. The Morgan fingerprint density at radius 1 is 0.930 bits per heavy atom. The molecule has 11 heteroatoms. The lowest BCUT2D eigenvalue weighted by Crippen LogP contribution is -2.44. The minimum atomic E-state index is -0.968. The summed E-state index contributed by atoms with van der Waals surface area (Å²) in [5.41, 5.74) is 3.37. The number of piperazine rings is 1. The summed E-state index contributed by atoms with van der Waals surface area (Å²) in [5.74, 6) is 0.792. The third kappa shape index (κ3) is 4.95. The topological polar surface area (TPSA) is 104 Å². The van der Waals surface area contributed by atoms with Crippen LogP contribution in [0.2, 0.25) is 5.02 Å². The predicted molar refractivity (Wildman–Crippen MR) is 169 cm³/mol. The minimum absolute atomic E-state index is 0.321. The number of nitrogens with zero attached hydrogens (tertiary/aromatic N) is 7. The van der Waals surface area contributed by atoms with Crippen LogP contribution in [0.25, 0.3) is 22.5 Å². The second-order valence-corrected chi connectivity index (χ2v) is 11.9. The Morgan fingerprint density at radius 3 is 2.44 bits per heavy atom. The summed E-state index contributed by atoms with van der Waals surface area (Å²) in [7, 11) is 2.15. The van der Waals surface area contributed by atoms with Crippen molar-refractivity contribution in [1.29, 1.82) is 0 Å². The lowest BCUT2D eigenvalue weighted by atomic mass is 9.77. The average molecular weight is 597 g/mol. The fourth-order valence-corrected chi connectivity index (χ4v) is 6.15. The lowest BCUT2D eigenvalue weighted by Gasteiger charge is -2.36. The maximum Gasteiger partial charge on any atom is 0.283 e. The molecule has 2 aliphatic rings. The first-order valence-corrected chi connectivity index (χ1v) is 15.0. The molecule has 3 aromatic heterocycles. The van der Waals surface area contributed by atoms with Gasteiger partial charge in [-0.15, -0.1) is 0 Å². The Balaban J connectivity index is 1.31. The van der Waals surface area contributed by atoms with Crippen LogP contribution in [-0.4, -0.2) is 67.5 Å². The van der Waals surface area contributed by atoms with E-state index in [-0.39, 0.29) is 5.56 Å². The highest BCUT2D eigenvalue weighted by Crippen LogP contribution is 2.40. The smallest absolute Gasteiger partial charge is 0.283 e. The van der Waals surface area contributed by atoms with Crippen LogP contribution in [0.5, 0.6) is 0 Å². The van der Waals surface area contributed by atoms with E-state index >= 15 is 0 Å². The third-order valence-corrected chi connectivity index (χ3v) is 8.90. The Labute approximate surface area is 254 Å². The first-order valence-electron chi connectivity index (χ1n) is 14.6. The molecule has 0 unspecified atom stereocenters. The van der Waals surface area contributed by atoms with Crippen LogP contribution >= 0.6 is 11.6 Å². The summed E-state index contributed by atoms with van der Waals surface area (Å²) in [4.78, 5) is 32.7. The molecular formula is C32H33ClN8O2. The monoisotopic (exact) mass is 596 g/mol. The highest BCUT2D eigenvalue weighted by Gasteiger charge is 2.38. The van der Waals surface area contributed by atoms with E-state index in [1.165, 1.54) is 16.6 Å². The molecule has 7 rings (SSSR count). The van der Waals surface area contributed by atoms with Crippen molar-refractivity contribution in [3.8, 4) is 11.5 Å². The zero-order chi connectivity index (χ0) is 29.7. The number of para-hydroxylation sites is 1. The van der Waals surface area contributed by atoms with Crippen LogP contribution < -0.4 is 15.8 Å². The van der Waals surface area contributed by atoms with Gasteiger partial charge in [-0.1, -0.05) is 29.8 Å². The quantitative estimate of drug-likeness (QED) is 0.288. The number of likely N-dealkylation sites (N-methyl/N-ethyl adjacent to an activating group) is 1. The number of aryl methyl sites for hydroxylation is 1. The number of hydrogen-bond acceptors (Lipinski definition) is 8. The van der Waals surface area contributed by atoms with E-state index in [0.717, 1.165) is 43.9 Å². The number of nitrogens with one attached hydrogen (secondary N) is 1. The van der Waals surface area contributed by atoms with E-state index in [0.29, 0.717) is 52.0 Å². The molecule has 1 aliphatic carbocycles. The Hall–Kier alpha value is -4.25. The number of hydrogen-bond donors (Lipinski definition) is 2. The van der Waals surface area contributed by atoms with Crippen LogP contribution in [0.1, 0.15) is 30.5 Å². The van der Waals surface area contributed by atoms with Crippen molar-refractivity contribution < 1.29 is 5.11 Å². The minimum Gasteiger partial charge on any atom is -0.384 e. The van der Waals surface area contributed by atoms with E-state index in [4.69, 9.17) is 21.6 Å². The number of benzene rings is 2. The van der Waals surface area contributed by atoms with Crippen LogP contribution in [0.4, 0.5) is 17.3 Å². The molecule has 4 heterocycles. The van der Waals surface area contributed by atoms with Crippen molar-refractivity contribution in [3.05, 3.63) is 93.5 Å². The van der Waals surface area contributed by atoms with E-state index < -0.39 is 5.60 Å². The molecule has 2 fully saturated rings. The van der Waals surface area contributed by atoms with Gasteiger partial charge in [0.1, 0.15) is 11.0 Å². The summed E-state index contributed by atoms with van der Waals surface area (Å²) >= 11 is 6.59. The predicted octanol–water partition coefficient (Wildman–Crippen LogP) is 4.80. The second-order valence-electron chi connectivity index (χ2n) is 11.5. The Kier molecular flexibility index (Phi) is 6.92. The standard InChI is InChI=1S/C32H33ClN8O2/c1-21-19-22(11-12-25(21)39-17-15-38(2)16-18-39)35-31-34-20-23-29(37-31)41(40(30(23)42)26-8-4-3-7-24(26)33)28-10-5-9-27(36-28)32(43)13-6-14-32/h3-5,7-12,19-20,43H,6,13-18H2,1-2H3,(H,34,35,37). The summed E-state index contributed by atoms with van der Waals surface area (Å²) in [6, 6.07) is 18.9. The molecule has 0 amide bonds. The normalized spacial score (nSPS) is 16.8. The largest absolute Gasteiger partial charge is 0.384 e. The molecule has 0 bridgehead atoms. The molecule has 2 N–H and O–H groups in total. The van der Waals surface area contributed by atoms with Gasteiger partial charge in [0.25, 0.3) is 5.56 Å². The Bertz CT molecular complexity index is 1890. The number of halogens is 1. The van der Waals surface area contributed by atoms with Crippen molar-refractivity contribution in [2.75, 3.05) is 43.4 Å². The van der Waals surface area contributed by atoms with Crippen molar-refractivity contribution in [1.82, 2.24) is 29.2 Å². The van der Waals surface area contributed by atoms with Gasteiger partial charge in [0, 0.05) is 43.8 Å². The van der Waals surface area contributed by atoms with Crippen molar-refractivity contribution in [2.24, 2.45) is 0 Å². The van der Waals surface area contributed by atoms with Gasteiger partial charge in [0.2, 0.25) is 5.95 Å². The number of anilines is 3. The van der Waals surface area contributed by atoms with Crippen LogP contribution in [0, 0.1) is 6.92 Å². The molecule has 0 spiro atoms. The second kappa shape index (κ2) is 10.8. The maximum atomic E-state index is 13.8. The maximum absolute atomic E-state index is 13.8. The molecule has 5 aromatic rings. The molecule has 2 aromatic carbocycles. The van der Waals surface area contributed by atoms with Gasteiger partial charge in [0.05, 0.1) is 16.4 Å². The zero-order valence-corrected chi connectivity index (χ0v) is 24.9. The molecular weight excluding hydrogens is 564 g/mol. The Morgan fingerprint density at radius 2 is 1.72 bits per heavy atom. The van der Waals surface area contributed by atoms with Gasteiger partial charge < -0.3 is 20.2 Å². The van der Waals surface area contributed by atoms with E-state index in [1.807, 2.05) is 30.3 Å². The first kappa shape index (κ1) is 27.6. The molecule has 0 atom stereocenters. The van der Waals surface area contributed by atoms with Crippen LogP contribution in [0.3, 0.4) is 0 Å². The number of rotatable bonds is 6. The fourth-order valence-electron chi connectivity index (χ4n) is 5.93. The van der Waals surface area contributed by atoms with Gasteiger partial charge in [-0.05, 0) is 81.3 Å².